The number of aryl methyl sites for hydroxylation is 1. The number of fused-ring (bicyclic) bond motifs is 1. The number of urea groups is 1. The molecule has 9 heteroatoms. The molecular weight excluding hydrogens is 391 g/mol. The van der Waals surface area contributed by atoms with E-state index in [1.807, 2.05) is 0 Å². The van der Waals surface area contributed by atoms with Crippen LogP contribution in [0.3, 0.4) is 0 Å². The Morgan fingerprint density at radius 3 is 2.47 bits per heavy atom. The van der Waals surface area contributed by atoms with Crippen molar-refractivity contribution >= 4 is 34.1 Å². The van der Waals surface area contributed by atoms with Crippen LogP contribution in [0.1, 0.15) is 23.1 Å². The van der Waals surface area contributed by atoms with Gasteiger partial charge < -0.3 is 15.4 Å². The van der Waals surface area contributed by atoms with E-state index in [2.05, 4.69) is 15.6 Å². The molecule has 2 amide bonds. The van der Waals surface area contributed by atoms with Gasteiger partial charge in [0.25, 0.3) is 5.56 Å². The Balaban J connectivity index is 1.83. The number of benzene rings is 2. The highest BCUT2D eigenvalue weighted by atomic mass is 19.1. The number of methoxy groups -OCH3 is 1. The Labute approximate surface area is 171 Å². The number of hydrogen-bond donors (Lipinski definition) is 2. The maximum atomic E-state index is 13.6. The van der Waals surface area contributed by atoms with Gasteiger partial charge in [-0.05, 0) is 50.2 Å². The second-order valence-corrected chi connectivity index (χ2v) is 6.67. The molecule has 0 saturated heterocycles. The first-order chi connectivity index (χ1) is 14.3. The van der Waals surface area contributed by atoms with Crippen molar-refractivity contribution in [2.24, 2.45) is 0 Å². The van der Waals surface area contributed by atoms with E-state index in [0.29, 0.717) is 35.6 Å². The third-order valence-electron chi connectivity index (χ3n) is 4.53. The van der Waals surface area contributed by atoms with Crippen LogP contribution in [0.25, 0.3) is 10.9 Å². The molecule has 0 bridgehead atoms. The Hall–Kier alpha value is -3.59. The largest absolute Gasteiger partial charge is 0.383 e. The van der Waals surface area contributed by atoms with Gasteiger partial charge >= 0.3 is 6.03 Å². The number of anilines is 2. The number of ketones is 1. The molecule has 0 fully saturated rings. The second-order valence-electron chi connectivity index (χ2n) is 6.67. The fraction of sp³-hybridized carbons (Fsp3) is 0.238. The molecule has 0 aliphatic heterocycles. The number of Topliss-reactive ketones (excluding diaryl/α,β-unsaturated/α-hetero) is 1. The first kappa shape index (κ1) is 21.1. The first-order valence-electron chi connectivity index (χ1n) is 9.19. The highest BCUT2D eigenvalue weighted by Crippen LogP contribution is 2.18. The van der Waals surface area contributed by atoms with E-state index < -0.39 is 17.6 Å². The predicted octanol–water partition coefficient (Wildman–Crippen LogP) is 3.34. The van der Waals surface area contributed by atoms with E-state index in [4.69, 9.17) is 4.74 Å². The summed E-state index contributed by atoms with van der Waals surface area (Å²) in [7, 11) is 1.55. The number of hydrogen-bond acceptors (Lipinski definition) is 5. The van der Waals surface area contributed by atoms with Crippen LogP contribution < -0.4 is 16.2 Å². The Morgan fingerprint density at radius 2 is 1.80 bits per heavy atom. The molecule has 0 aliphatic carbocycles. The Bertz CT molecular complexity index is 1190. The molecule has 0 aliphatic rings. The monoisotopic (exact) mass is 412 g/mol. The molecule has 1 heterocycles. The summed E-state index contributed by atoms with van der Waals surface area (Å²) < 4.78 is 20.2. The van der Waals surface area contributed by atoms with Crippen molar-refractivity contribution in [1.29, 1.82) is 0 Å². The van der Waals surface area contributed by atoms with E-state index in [9.17, 15) is 18.8 Å². The lowest BCUT2D eigenvalue weighted by Crippen LogP contribution is -2.26. The zero-order valence-corrected chi connectivity index (χ0v) is 16.8. The molecule has 3 rings (SSSR count). The van der Waals surface area contributed by atoms with Gasteiger partial charge in [0.2, 0.25) is 0 Å². The number of carbonyl (C=O) groups is 2. The molecular formula is C21H21FN4O4. The average molecular weight is 412 g/mol. The number of nitrogens with zero attached hydrogens (tertiary/aromatic N) is 2. The number of aromatic nitrogens is 2. The number of amides is 2. The maximum absolute atomic E-state index is 13.6. The molecule has 0 spiro atoms. The van der Waals surface area contributed by atoms with Gasteiger partial charge in [0, 0.05) is 18.5 Å². The molecule has 8 nitrogen and oxygen atoms in total. The summed E-state index contributed by atoms with van der Waals surface area (Å²) in [5.41, 5.74) is 0.815. The molecule has 0 unspecified atom stereocenters. The van der Waals surface area contributed by atoms with Crippen LogP contribution >= 0.6 is 0 Å². The molecule has 0 saturated carbocycles. The lowest BCUT2D eigenvalue weighted by molar-refractivity contribution is 0.101. The molecule has 2 N–H and O–H groups in total. The molecule has 0 radical (unpaired) electrons. The van der Waals surface area contributed by atoms with E-state index in [-0.39, 0.29) is 16.8 Å². The fourth-order valence-electron chi connectivity index (χ4n) is 3.02. The molecule has 30 heavy (non-hydrogen) atoms. The van der Waals surface area contributed by atoms with Crippen LogP contribution in [0.2, 0.25) is 0 Å². The van der Waals surface area contributed by atoms with E-state index in [1.165, 1.54) is 23.6 Å². The number of carbonyl (C=O) groups excluding carboxylic acids is 2. The van der Waals surface area contributed by atoms with Gasteiger partial charge in [0.1, 0.15) is 11.6 Å². The van der Waals surface area contributed by atoms with Crippen LogP contribution in [-0.2, 0) is 11.3 Å². The number of rotatable bonds is 6. The molecule has 1 aromatic heterocycles. The quantitative estimate of drug-likeness (QED) is 0.605. The van der Waals surface area contributed by atoms with Crippen LogP contribution in [0.5, 0.6) is 0 Å². The lowest BCUT2D eigenvalue weighted by Gasteiger charge is -2.12. The summed E-state index contributed by atoms with van der Waals surface area (Å²) in [6.45, 7) is 3.72. The van der Waals surface area contributed by atoms with Crippen molar-refractivity contribution in [2.75, 3.05) is 24.4 Å². The van der Waals surface area contributed by atoms with Gasteiger partial charge in [-0.2, -0.15) is 0 Å². The van der Waals surface area contributed by atoms with Crippen LogP contribution in [0.15, 0.2) is 41.2 Å². The van der Waals surface area contributed by atoms with Crippen LogP contribution in [-0.4, -0.2) is 35.1 Å². The third kappa shape index (κ3) is 4.52. The normalized spacial score (nSPS) is 10.8. The summed E-state index contributed by atoms with van der Waals surface area (Å²) in [6.07, 6.45) is 0. The second kappa shape index (κ2) is 8.83. The number of ether oxygens (including phenoxy) is 1. The van der Waals surface area contributed by atoms with Gasteiger partial charge in [-0.15, -0.1) is 0 Å². The molecule has 2 aromatic carbocycles. The molecule has 156 valence electrons. The Kier molecular flexibility index (Phi) is 6.22. The summed E-state index contributed by atoms with van der Waals surface area (Å²) >= 11 is 0. The first-order valence-corrected chi connectivity index (χ1v) is 9.19. The van der Waals surface area contributed by atoms with Crippen LogP contribution in [0, 0.1) is 12.7 Å². The zero-order valence-electron chi connectivity index (χ0n) is 16.8. The minimum absolute atomic E-state index is 0.114. The standard InChI is InChI=1S/C21H21FN4O4/c1-12(27)16-10-14(4-6-18(16)22)24-21(29)25-15-5-7-19-17(11-15)20(28)26(8-9-30-3)13(2)23-19/h4-7,10-11H,8-9H2,1-3H3,(H2,24,25,29). The van der Waals surface area contributed by atoms with Gasteiger partial charge in [0.05, 0.1) is 29.6 Å². The summed E-state index contributed by atoms with van der Waals surface area (Å²) in [6, 6.07) is 7.93. The van der Waals surface area contributed by atoms with E-state index >= 15 is 0 Å². The highest BCUT2D eigenvalue weighted by molar-refractivity contribution is 6.02. The van der Waals surface area contributed by atoms with Gasteiger partial charge in [-0.3, -0.25) is 14.2 Å². The Morgan fingerprint density at radius 1 is 1.13 bits per heavy atom. The number of nitrogens with one attached hydrogen (secondary N) is 2. The van der Waals surface area contributed by atoms with Crippen LogP contribution in [0.4, 0.5) is 20.6 Å². The minimum Gasteiger partial charge on any atom is -0.383 e. The van der Waals surface area contributed by atoms with Crippen molar-refractivity contribution < 1.29 is 18.7 Å². The molecule has 3 aromatic rings. The highest BCUT2D eigenvalue weighted by Gasteiger charge is 2.12. The zero-order chi connectivity index (χ0) is 21.8. The topological polar surface area (TPSA) is 102 Å². The summed E-state index contributed by atoms with van der Waals surface area (Å²) in [4.78, 5) is 41.0. The van der Waals surface area contributed by atoms with E-state index in [0.717, 1.165) is 6.07 Å². The SMILES string of the molecule is COCCn1c(C)nc2ccc(NC(=O)Nc3ccc(F)c(C(C)=O)c3)cc2c1=O. The summed E-state index contributed by atoms with van der Waals surface area (Å²) in [5, 5.41) is 5.52. The van der Waals surface area contributed by atoms with Crippen molar-refractivity contribution in [3.8, 4) is 0 Å². The summed E-state index contributed by atoms with van der Waals surface area (Å²) in [5.74, 6) is -0.533. The molecule has 0 atom stereocenters. The van der Waals surface area contributed by atoms with Gasteiger partial charge in [0.15, 0.2) is 5.78 Å². The van der Waals surface area contributed by atoms with E-state index in [1.54, 1.807) is 32.2 Å². The van der Waals surface area contributed by atoms with Crippen molar-refractivity contribution in [3.05, 3.63) is 64.0 Å². The van der Waals surface area contributed by atoms with Crippen molar-refractivity contribution in [1.82, 2.24) is 9.55 Å². The maximum Gasteiger partial charge on any atom is 0.323 e. The van der Waals surface area contributed by atoms with Crippen molar-refractivity contribution in [2.45, 2.75) is 20.4 Å². The predicted molar refractivity (Wildman–Crippen MR) is 112 cm³/mol. The fourth-order valence-corrected chi connectivity index (χ4v) is 3.02. The number of halogens is 1. The smallest absolute Gasteiger partial charge is 0.323 e. The average Bonchev–Trinajstić information content (AvgIpc) is 2.69. The van der Waals surface area contributed by atoms with Gasteiger partial charge in [-0.25, -0.2) is 14.2 Å². The van der Waals surface area contributed by atoms with Crippen molar-refractivity contribution in [3.63, 3.8) is 0 Å². The van der Waals surface area contributed by atoms with Gasteiger partial charge in [-0.1, -0.05) is 0 Å². The lowest BCUT2D eigenvalue weighted by atomic mass is 10.1. The minimum atomic E-state index is -0.657. The third-order valence-corrected chi connectivity index (χ3v) is 4.53.